The monoisotopic (exact) mass is 371 g/mol. The van der Waals surface area contributed by atoms with E-state index in [0.29, 0.717) is 0 Å². The lowest BCUT2D eigenvalue weighted by Gasteiger charge is -2.22. The molecule has 27 heavy (non-hydrogen) atoms. The third-order valence-electron chi connectivity index (χ3n) is 4.26. The molecular formula is C18H21N5O4. The highest BCUT2D eigenvalue weighted by Gasteiger charge is 2.25. The average molecular weight is 371 g/mol. The molecule has 0 saturated carbocycles. The zero-order chi connectivity index (χ0) is 20.1. The third kappa shape index (κ3) is 4.57. The molecule has 2 amide bonds. The highest BCUT2D eigenvalue weighted by Crippen LogP contribution is 2.29. The second-order valence-corrected chi connectivity index (χ2v) is 6.10. The number of aromatic nitrogens is 1. The number of nitrogens with one attached hydrogen (secondary N) is 1. The molecule has 3 N–H and O–H groups in total. The number of nitrogens with two attached hydrogens (primary N) is 1. The highest BCUT2D eigenvalue weighted by molar-refractivity contribution is 5.98. The van der Waals surface area contributed by atoms with Crippen LogP contribution in [0.1, 0.15) is 35.9 Å². The number of nitro benzene ring substituents is 1. The number of primary amides is 1. The van der Waals surface area contributed by atoms with Crippen LogP contribution < -0.4 is 11.1 Å². The van der Waals surface area contributed by atoms with Gasteiger partial charge in [-0.15, -0.1) is 0 Å². The van der Waals surface area contributed by atoms with Crippen molar-refractivity contribution in [2.45, 2.75) is 25.9 Å². The fraction of sp³-hybridized carbons (Fsp3) is 0.278. The van der Waals surface area contributed by atoms with Gasteiger partial charge in [-0.1, -0.05) is 6.07 Å². The normalized spacial score (nSPS) is 12.7. The zero-order valence-electron chi connectivity index (χ0n) is 15.2. The van der Waals surface area contributed by atoms with Gasteiger partial charge in [0.2, 0.25) is 5.91 Å². The van der Waals surface area contributed by atoms with Crippen LogP contribution in [0.3, 0.4) is 0 Å². The molecule has 142 valence electrons. The fourth-order valence-electron chi connectivity index (χ4n) is 2.45. The first-order valence-electron chi connectivity index (χ1n) is 8.24. The first-order valence-corrected chi connectivity index (χ1v) is 8.24. The molecule has 1 aromatic heterocycles. The van der Waals surface area contributed by atoms with E-state index in [-0.39, 0.29) is 23.0 Å². The number of likely N-dealkylation sites (N-methyl/N-ethyl adjacent to an activating group) is 1. The summed E-state index contributed by atoms with van der Waals surface area (Å²) in [6.07, 6.45) is 1.64. The first-order chi connectivity index (χ1) is 12.7. The first kappa shape index (κ1) is 19.8. The zero-order valence-corrected chi connectivity index (χ0v) is 15.2. The summed E-state index contributed by atoms with van der Waals surface area (Å²) < 4.78 is 0. The van der Waals surface area contributed by atoms with Crippen LogP contribution in [0.2, 0.25) is 0 Å². The van der Waals surface area contributed by atoms with Crippen molar-refractivity contribution in [1.29, 1.82) is 0 Å². The van der Waals surface area contributed by atoms with E-state index in [2.05, 4.69) is 10.3 Å². The Hall–Kier alpha value is -3.49. The lowest BCUT2D eigenvalue weighted by Crippen LogP contribution is -2.43. The molecule has 1 aromatic carbocycles. The Labute approximate surface area is 156 Å². The summed E-state index contributed by atoms with van der Waals surface area (Å²) in [4.78, 5) is 40.0. The van der Waals surface area contributed by atoms with Gasteiger partial charge in [-0.25, -0.2) is 0 Å². The van der Waals surface area contributed by atoms with Crippen molar-refractivity contribution in [3.63, 3.8) is 0 Å². The molecule has 0 fully saturated rings. The Balaban J connectivity index is 2.30. The van der Waals surface area contributed by atoms with Crippen molar-refractivity contribution in [2.75, 3.05) is 12.4 Å². The topological polar surface area (TPSA) is 131 Å². The lowest BCUT2D eigenvalue weighted by atomic mass is 10.1. The molecular weight excluding hydrogens is 350 g/mol. The highest BCUT2D eigenvalue weighted by atomic mass is 16.6. The largest absolute Gasteiger partial charge is 0.371 e. The van der Waals surface area contributed by atoms with E-state index in [1.54, 1.807) is 12.3 Å². The summed E-state index contributed by atoms with van der Waals surface area (Å²) in [5.74, 6) is -1.20. The van der Waals surface area contributed by atoms with Crippen molar-refractivity contribution in [2.24, 2.45) is 5.73 Å². The van der Waals surface area contributed by atoms with Gasteiger partial charge in [0.25, 0.3) is 11.6 Å². The standard InChI is InChI=1S/C18H21N5O4/c1-11(14-6-4-5-9-20-14)21-15-8-7-13(10-16(15)23(26)27)18(25)22(3)12(2)17(19)24/h4-12,21H,1-3H3,(H2,19,24)/t11-,12-/m1/s1. The maximum Gasteiger partial charge on any atom is 0.293 e. The maximum atomic E-state index is 12.5. The van der Waals surface area contributed by atoms with Crippen molar-refractivity contribution < 1.29 is 14.5 Å². The second kappa shape index (κ2) is 8.26. The molecule has 2 rings (SSSR count). The number of rotatable bonds is 7. The number of hydrogen-bond donors (Lipinski definition) is 2. The molecule has 2 atom stereocenters. The van der Waals surface area contributed by atoms with E-state index in [4.69, 9.17) is 5.73 Å². The van der Waals surface area contributed by atoms with E-state index in [1.807, 2.05) is 19.1 Å². The van der Waals surface area contributed by atoms with Crippen molar-refractivity contribution >= 4 is 23.2 Å². The minimum Gasteiger partial charge on any atom is -0.371 e. The van der Waals surface area contributed by atoms with Gasteiger partial charge in [-0.05, 0) is 38.1 Å². The Morgan fingerprint density at radius 1 is 1.26 bits per heavy atom. The summed E-state index contributed by atoms with van der Waals surface area (Å²) in [5, 5.41) is 14.5. The molecule has 0 aliphatic heterocycles. The van der Waals surface area contributed by atoms with Gasteiger partial charge in [-0.2, -0.15) is 0 Å². The fourth-order valence-corrected chi connectivity index (χ4v) is 2.45. The van der Waals surface area contributed by atoms with Gasteiger partial charge >= 0.3 is 0 Å². The summed E-state index contributed by atoms with van der Waals surface area (Å²) in [7, 11) is 1.42. The van der Waals surface area contributed by atoms with Crippen molar-refractivity contribution in [3.05, 3.63) is 64.0 Å². The number of benzene rings is 1. The van der Waals surface area contributed by atoms with Crippen LogP contribution in [0.25, 0.3) is 0 Å². The third-order valence-corrected chi connectivity index (χ3v) is 4.26. The number of amides is 2. The van der Waals surface area contributed by atoms with E-state index in [1.165, 1.54) is 32.2 Å². The minimum atomic E-state index is -0.835. The summed E-state index contributed by atoms with van der Waals surface area (Å²) in [6, 6.07) is 8.42. The van der Waals surface area contributed by atoms with Crippen LogP contribution in [-0.2, 0) is 4.79 Å². The predicted molar refractivity (Wildman–Crippen MR) is 100 cm³/mol. The molecule has 9 nitrogen and oxygen atoms in total. The quantitative estimate of drug-likeness (QED) is 0.566. The molecule has 0 aliphatic carbocycles. The second-order valence-electron chi connectivity index (χ2n) is 6.10. The molecule has 0 spiro atoms. The van der Waals surface area contributed by atoms with E-state index < -0.39 is 22.8 Å². The van der Waals surface area contributed by atoms with Gasteiger partial charge in [0.1, 0.15) is 11.7 Å². The predicted octanol–water partition coefficient (Wildman–Crippen LogP) is 2.11. The molecule has 9 heteroatoms. The Bertz CT molecular complexity index is 856. The lowest BCUT2D eigenvalue weighted by molar-refractivity contribution is -0.384. The van der Waals surface area contributed by atoms with Crippen LogP contribution in [0.4, 0.5) is 11.4 Å². The number of nitrogens with zero attached hydrogens (tertiary/aromatic N) is 3. The van der Waals surface area contributed by atoms with Crippen LogP contribution in [-0.4, -0.2) is 39.7 Å². The van der Waals surface area contributed by atoms with Crippen LogP contribution in [0.15, 0.2) is 42.6 Å². The number of anilines is 1. The van der Waals surface area contributed by atoms with Gasteiger partial charge < -0.3 is 16.0 Å². The number of pyridine rings is 1. The van der Waals surface area contributed by atoms with E-state index in [0.717, 1.165) is 10.6 Å². The van der Waals surface area contributed by atoms with Crippen molar-refractivity contribution in [1.82, 2.24) is 9.88 Å². The molecule has 2 aromatic rings. The minimum absolute atomic E-state index is 0.0911. The Kier molecular flexibility index (Phi) is 6.07. The van der Waals surface area contributed by atoms with Gasteiger partial charge in [-0.3, -0.25) is 24.7 Å². The molecule has 0 unspecified atom stereocenters. The smallest absolute Gasteiger partial charge is 0.293 e. The van der Waals surface area contributed by atoms with Crippen LogP contribution >= 0.6 is 0 Å². The van der Waals surface area contributed by atoms with Crippen LogP contribution in [0, 0.1) is 10.1 Å². The molecule has 0 saturated heterocycles. The number of carbonyl (C=O) groups is 2. The van der Waals surface area contributed by atoms with E-state index in [9.17, 15) is 19.7 Å². The maximum absolute atomic E-state index is 12.5. The van der Waals surface area contributed by atoms with Gasteiger partial charge in [0.15, 0.2) is 0 Å². The number of nitro groups is 1. The molecule has 0 radical (unpaired) electrons. The number of hydrogen-bond acceptors (Lipinski definition) is 6. The van der Waals surface area contributed by atoms with E-state index >= 15 is 0 Å². The summed E-state index contributed by atoms with van der Waals surface area (Å²) in [5.41, 5.74) is 6.04. The molecule has 0 aliphatic rings. The number of carbonyl (C=O) groups excluding carboxylic acids is 2. The van der Waals surface area contributed by atoms with Gasteiger partial charge in [0.05, 0.1) is 16.7 Å². The SMILES string of the molecule is C[C@H](C(N)=O)N(C)C(=O)c1ccc(N[C@H](C)c2ccccn2)c([N+](=O)[O-])c1. The Morgan fingerprint density at radius 2 is 1.96 bits per heavy atom. The van der Waals surface area contributed by atoms with Crippen molar-refractivity contribution in [3.8, 4) is 0 Å². The average Bonchev–Trinajstić information content (AvgIpc) is 2.66. The molecule has 1 heterocycles. The Morgan fingerprint density at radius 3 is 2.52 bits per heavy atom. The summed E-state index contributed by atoms with van der Waals surface area (Å²) >= 11 is 0. The van der Waals surface area contributed by atoms with Gasteiger partial charge in [0, 0.05) is 24.9 Å². The summed E-state index contributed by atoms with van der Waals surface area (Å²) in [6.45, 7) is 3.31. The van der Waals surface area contributed by atoms with Crippen LogP contribution in [0.5, 0.6) is 0 Å². The molecule has 0 bridgehead atoms.